The number of fused-ring (bicyclic) bond motifs is 2. The largest absolute Gasteiger partial charge is 0.310 e. The SMILES string of the molecule is CC1=CCc2c(c(N(c3ccccc3)c3ccc(C)cc3)c3cc(C)ccc3c2N(c2ccccc2)c2ccc(C)cc2)C1. The number of benzene rings is 6. The van der Waals surface area contributed by atoms with Crippen molar-refractivity contribution in [1.29, 1.82) is 0 Å². The van der Waals surface area contributed by atoms with Crippen molar-refractivity contribution < 1.29 is 0 Å². The van der Waals surface area contributed by atoms with Gasteiger partial charge in [0.05, 0.1) is 11.4 Å². The second-order valence-corrected chi connectivity index (χ2v) is 12.1. The number of hydrogen-bond acceptors (Lipinski definition) is 2. The van der Waals surface area contributed by atoms with Gasteiger partial charge in [0.1, 0.15) is 0 Å². The highest BCUT2D eigenvalue weighted by Crippen LogP contribution is 2.51. The molecule has 2 nitrogen and oxygen atoms in total. The summed E-state index contributed by atoms with van der Waals surface area (Å²) < 4.78 is 0. The standard InChI is InChI=1S/C42H38N2/c1-29-15-21-35(22-16-29)43(33-11-7-5-8-12-33)41-37-25-19-31(3)27-39(37)42(40-28-32(4)20-26-38(40)41)44(34-13-9-6-10-14-34)36-23-17-30(2)18-24-36/h5-25,27H,26,28H2,1-4H3. The number of aryl methyl sites for hydroxylation is 3. The average molecular weight is 571 g/mol. The number of rotatable bonds is 6. The molecule has 0 aliphatic heterocycles. The molecule has 0 N–H and O–H groups in total. The Kier molecular flexibility index (Phi) is 7.28. The number of hydrogen-bond donors (Lipinski definition) is 0. The molecule has 0 bridgehead atoms. The highest BCUT2D eigenvalue weighted by Gasteiger charge is 2.29. The zero-order valence-electron chi connectivity index (χ0n) is 26.0. The van der Waals surface area contributed by atoms with Crippen LogP contribution in [0.2, 0.25) is 0 Å². The Bertz CT molecular complexity index is 1970. The van der Waals surface area contributed by atoms with Crippen LogP contribution in [0.5, 0.6) is 0 Å². The molecular formula is C42H38N2. The van der Waals surface area contributed by atoms with E-state index in [0.29, 0.717) is 0 Å². The first kappa shape index (κ1) is 27.7. The molecule has 1 aliphatic carbocycles. The van der Waals surface area contributed by atoms with Crippen molar-refractivity contribution in [2.45, 2.75) is 40.5 Å². The highest BCUT2D eigenvalue weighted by atomic mass is 15.2. The zero-order valence-corrected chi connectivity index (χ0v) is 26.0. The van der Waals surface area contributed by atoms with Crippen LogP contribution in [0, 0.1) is 20.8 Å². The molecule has 0 aromatic heterocycles. The van der Waals surface area contributed by atoms with Crippen molar-refractivity contribution in [2.24, 2.45) is 0 Å². The van der Waals surface area contributed by atoms with Crippen LogP contribution in [0.25, 0.3) is 10.8 Å². The highest BCUT2D eigenvalue weighted by molar-refractivity contribution is 6.10. The van der Waals surface area contributed by atoms with Crippen LogP contribution in [0.15, 0.2) is 139 Å². The molecule has 0 radical (unpaired) electrons. The molecule has 7 rings (SSSR count). The minimum absolute atomic E-state index is 0.888. The van der Waals surface area contributed by atoms with E-state index in [1.165, 1.54) is 72.6 Å². The van der Waals surface area contributed by atoms with Crippen LogP contribution >= 0.6 is 0 Å². The molecule has 6 aromatic rings. The maximum Gasteiger partial charge on any atom is 0.0579 e. The van der Waals surface area contributed by atoms with Gasteiger partial charge in [-0.05, 0) is 106 Å². The van der Waals surface area contributed by atoms with Gasteiger partial charge in [-0.15, -0.1) is 0 Å². The van der Waals surface area contributed by atoms with Crippen molar-refractivity contribution >= 4 is 44.9 Å². The van der Waals surface area contributed by atoms with Crippen molar-refractivity contribution in [3.63, 3.8) is 0 Å². The fraction of sp³-hybridized carbons (Fsp3) is 0.143. The summed E-state index contributed by atoms with van der Waals surface area (Å²) in [7, 11) is 0. The van der Waals surface area contributed by atoms with Crippen LogP contribution in [0.3, 0.4) is 0 Å². The number of nitrogens with zero attached hydrogens (tertiary/aromatic N) is 2. The number of para-hydroxylation sites is 2. The van der Waals surface area contributed by atoms with E-state index in [1.54, 1.807) is 0 Å². The molecule has 2 heteroatoms. The van der Waals surface area contributed by atoms with E-state index in [1.807, 2.05) is 0 Å². The Balaban J connectivity index is 1.61. The summed E-state index contributed by atoms with van der Waals surface area (Å²) in [5.41, 5.74) is 15.2. The van der Waals surface area contributed by atoms with Gasteiger partial charge in [-0.25, -0.2) is 0 Å². The van der Waals surface area contributed by atoms with Crippen LogP contribution in [-0.2, 0) is 12.8 Å². The van der Waals surface area contributed by atoms with Gasteiger partial charge in [0.2, 0.25) is 0 Å². The van der Waals surface area contributed by atoms with E-state index >= 15 is 0 Å². The molecule has 216 valence electrons. The summed E-state index contributed by atoms with van der Waals surface area (Å²) in [5, 5.41) is 2.53. The third-order valence-electron chi connectivity index (χ3n) is 8.79. The van der Waals surface area contributed by atoms with Crippen LogP contribution in [0.1, 0.15) is 34.7 Å². The smallest absolute Gasteiger partial charge is 0.0579 e. The average Bonchev–Trinajstić information content (AvgIpc) is 3.05. The fourth-order valence-corrected chi connectivity index (χ4v) is 6.58. The molecular weight excluding hydrogens is 532 g/mol. The lowest BCUT2D eigenvalue weighted by Crippen LogP contribution is -2.20. The van der Waals surface area contributed by atoms with E-state index in [0.717, 1.165) is 18.5 Å². The first-order chi connectivity index (χ1) is 21.5. The monoisotopic (exact) mass is 570 g/mol. The lowest BCUT2D eigenvalue weighted by molar-refractivity contribution is 1.01. The lowest BCUT2D eigenvalue weighted by Gasteiger charge is -2.36. The minimum atomic E-state index is 0.888. The second kappa shape index (κ2) is 11.5. The Morgan fingerprint density at radius 2 is 0.886 bits per heavy atom. The predicted molar refractivity (Wildman–Crippen MR) is 189 cm³/mol. The van der Waals surface area contributed by atoms with Crippen molar-refractivity contribution in [3.05, 3.63) is 167 Å². The number of anilines is 6. The first-order valence-electron chi connectivity index (χ1n) is 15.6. The Morgan fingerprint density at radius 3 is 1.41 bits per heavy atom. The van der Waals surface area contributed by atoms with Crippen molar-refractivity contribution in [1.82, 2.24) is 0 Å². The summed E-state index contributed by atoms with van der Waals surface area (Å²) in [4.78, 5) is 4.97. The van der Waals surface area contributed by atoms with E-state index < -0.39 is 0 Å². The molecule has 6 aromatic carbocycles. The van der Waals surface area contributed by atoms with Crippen LogP contribution < -0.4 is 9.80 Å². The van der Waals surface area contributed by atoms with Gasteiger partial charge in [-0.2, -0.15) is 0 Å². The van der Waals surface area contributed by atoms with Crippen LogP contribution in [0.4, 0.5) is 34.1 Å². The quantitative estimate of drug-likeness (QED) is 0.145. The van der Waals surface area contributed by atoms with E-state index in [2.05, 4.69) is 171 Å². The van der Waals surface area contributed by atoms with Gasteiger partial charge in [0, 0.05) is 33.5 Å². The van der Waals surface area contributed by atoms with E-state index in [4.69, 9.17) is 0 Å². The maximum atomic E-state index is 2.49. The molecule has 44 heavy (non-hydrogen) atoms. The molecule has 1 aliphatic rings. The Labute approximate surface area is 261 Å². The Hall–Kier alpha value is -5.08. The third kappa shape index (κ3) is 5.07. The molecule has 0 atom stereocenters. The van der Waals surface area contributed by atoms with Gasteiger partial charge < -0.3 is 9.80 Å². The molecule has 0 saturated carbocycles. The first-order valence-corrected chi connectivity index (χ1v) is 15.6. The summed E-state index contributed by atoms with van der Waals surface area (Å²) in [5.74, 6) is 0. The second-order valence-electron chi connectivity index (χ2n) is 12.1. The van der Waals surface area contributed by atoms with Crippen molar-refractivity contribution in [2.75, 3.05) is 9.80 Å². The maximum absolute atomic E-state index is 2.49. The van der Waals surface area contributed by atoms with Gasteiger partial charge in [-0.1, -0.05) is 101 Å². The molecule has 0 heterocycles. The molecule has 0 saturated heterocycles. The van der Waals surface area contributed by atoms with Gasteiger partial charge in [0.15, 0.2) is 0 Å². The van der Waals surface area contributed by atoms with E-state index in [9.17, 15) is 0 Å². The molecule has 0 fully saturated rings. The summed E-state index contributed by atoms with van der Waals surface area (Å²) in [6, 6.07) is 46.6. The molecule has 0 spiro atoms. The van der Waals surface area contributed by atoms with Gasteiger partial charge in [0.25, 0.3) is 0 Å². The summed E-state index contributed by atoms with van der Waals surface area (Å²) in [6.45, 7) is 8.80. The third-order valence-corrected chi connectivity index (χ3v) is 8.79. The van der Waals surface area contributed by atoms with E-state index in [-0.39, 0.29) is 0 Å². The number of allylic oxidation sites excluding steroid dienone is 2. The summed E-state index contributed by atoms with van der Waals surface area (Å²) >= 11 is 0. The molecule has 0 unspecified atom stereocenters. The van der Waals surface area contributed by atoms with Gasteiger partial charge >= 0.3 is 0 Å². The normalized spacial score (nSPS) is 12.5. The van der Waals surface area contributed by atoms with Gasteiger partial charge in [-0.3, -0.25) is 0 Å². The minimum Gasteiger partial charge on any atom is -0.310 e. The Morgan fingerprint density at radius 1 is 0.432 bits per heavy atom. The summed E-state index contributed by atoms with van der Waals surface area (Å²) in [6.07, 6.45) is 4.22. The fourth-order valence-electron chi connectivity index (χ4n) is 6.58. The lowest BCUT2D eigenvalue weighted by atomic mass is 9.84. The zero-order chi connectivity index (χ0) is 30.2. The van der Waals surface area contributed by atoms with Crippen LogP contribution in [-0.4, -0.2) is 0 Å². The predicted octanol–water partition coefficient (Wildman–Crippen LogP) is 11.7. The molecule has 0 amide bonds. The topological polar surface area (TPSA) is 6.48 Å². The van der Waals surface area contributed by atoms with Crippen molar-refractivity contribution in [3.8, 4) is 0 Å².